The molecule has 18 heavy (non-hydrogen) atoms. The van der Waals surface area contributed by atoms with Gasteiger partial charge in [-0.3, -0.25) is 10.1 Å². The van der Waals surface area contributed by atoms with Crippen molar-refractivity contribution in [2.24, 2.45) is 0 Å². The second kappa shape index (κ2) is 4.41. The largest absolute Gasteiger partial charge is 0.277 e. The fraction of sp³-hybridized carbons (Fsp3) is 0. The zero-order valence-electron chi connectivity index (χ0n) is 9.47. The Hall–Kier alpha value is -2.49. The first-order chi connectivity index (χ1) is 8.83. The van der Waals surface area contributed by atoms with Gasteiger partial charge in [-0.05, 0) is 23.8 Å². The van der Waals surface area contributed by atoms with Crippen molar-refractivity contribution in [3.63, 3.8) is 0 Å². The lowest BCUT2D eigenvalue weighted by atomic mass is 10.1. The third-order valence-electron chi connectivity index (χ3n) is 2.65. The van der Waals surface area contributed by atoms with E-state index in [0.717, 1.165) is 11.3 Å². The molecule has 0 fully saturated rings. The lowest BCUT2D eigenvalue weighted by Crippen LogP contribution is -1.84. The number of nitrogens with one attached hydrogen (secondary N) is 1. The molecule has 0 aliphatic heterocycles. The summed E-state index contributed by atoms with van der Waals surface area (Å²) < 4.78 is 12.8. The normalized spacial score (nSPS) is 10.5. The Labute approximate surface area is 103 Å². The summed E-state index contributed by atoms with van der Waals surface area (Å²) in [7, 11) is 0. The van der Waals surface area contributed by atoms with E-state index in [9.17, 15) is 4.39 Å². The molecule has 2 heterocycles. The highest BCUT2D eigenvalue weighted by Gasteiger charge is 2.06. The van der Waals surface area contributed by atoms with Gasteiger partial charge in [-0.15, -0.1) is 0 Å². The summed E-state index contributed by atoms with van der Waals surface area (Å²) >= 11 is 0. The second-order valence-electron chi connectivity index (χ2n) is 3.89. The predicted molar refractivity (Wildman–Crippen MR) is 67.2 cm³/mol. The number of hydrogen-bond donors (Lipinski definition) is 1. The van der Waals surface area contributed by atoms with Gasteiger partial charge in [0.05, 0.1) is 17.6 Å². The van der Waals surface area contributed by atoms with Gasteiger partial charge in [0.25, 0.3) is 0 Å². The number of rotatable bonds is 2. The van der Waals surface area contributed by atoms with Crippen LogP contribution in [-0.2, 0) is 0 Å². The molecule has 2 aromatic heterocycles. The number of H-pyrrole nitrogens is 1. The van der Waals surface area contributed by atoms with E-state index in [1.807, 2.05) is 36.4 Å². The van der Waals surface area contributed by atoms with Crippen molar-refractivity contribution in [3.05, 3.63) is 60.5 Å². The summed E-state index contributed by atoms with van der Waals surface area (Å²) in [6.45, 7) is 0. The number of pyridine rings is 1. The minimum absolute atomic E-state index is 0.349. The Balaban J connectivity index is 1.97. The van der Waals surface area contributed by atoms with Crippen LogP contribution in [0.25, 0.3) is 22.6 Å². The van der Waals surface area contributed by atoms with E-state index in [4.69, 9.17) is 0 Å². The standard InChI is InChI=1S/C14H10FN3/c15-11-6-7-12(16-9-11)14-8-13(17-18-14)10-4-2-1-3-5-10/h1-9H,(H,17,18). The average molecular weight is 239 g/mol. The second-order valence-corrected chi connectivity index (χ2v) is 3.89. The van der Waals surface area contributed by atoms with Crippen LogP contribution in [-0.4, -0.2) is 15.2 Å². The molecule has 0 aliphatic rings. The molecule has 0 bridgehead atoms. The maximum absolute atomic E-state index is 12.8. The fourth-order valence-electron chi connectivity index (χ4n) is 1.75. The van der Waals surface area contributed by atoms with Crippen molar-refractivity contribution < 1.29 is 4.39 Å². The minimum atomic E-state index is -0.349. The third-order valence-corrected chi connectivity index (χ3v) is 2.65. The van der Waals surface area contributed by atoms with Gasteiger partial charge in [0.1, 0.15) is 11.5 Å². The molecule has 3 rings (SSSR count). The molecule has 0 amide bonds. The molecule has 0 aliphatic carbocycles. The first-order valence-corrected chi connectivity index (χ1v) is 5.56. The zero-order valence-corrected chi connectivity index (χ0v) is 9.47. The molecular formula is C14H10FN3. The van der Waals surface area contributed by atoms with E-state index in [0.29, 0.717) is 11.4 Å². The van der Waals surface area contributed by atoms with Crippen LogP contribution < -0.4 is 0 Å². The lowest BCUT2D eigenvalue weighted by Gasteiger charge is -1.94. The molecule has 1 N–H and O–H groups in total. The van der Waals surface area contributed by atoms with Gasteiger partial charge < -0.3 is 0 Å². The molecule has 0 radical (unpaired) electrons. The molecule has 0 unspecified atom stereocenters. The molecule has 0 saturated carbocycles. The third kappa shape index (κ3) is 2.00. The Morgan fingerprint density at radius 2 is 1.78 bits per heavy atom. The van der Waals surface area contributed by atoms with Crippen LogP contribution in [0, 0.1) is 5.82 Å². The van der Waals surface area contributed by atoms with E-state index in [-0.39, 0.29) is 5.82 Å². The monoisotopic (exact) mass is 239 g/mol. The van der Waals surface area contributed by atoms with Crippen LogP contribution in [0.2, 0.25) is 0 Å². The van der Waals surface area contributed by atoms with Crippen LogP contribution in [0.3, 0.4) is 0 Å². The average Bonchev–Trinajstić information content (AvgIpc) is 2.90. The molecule has 3 aromatic rings. The number of nitrogens with zero attached hydrogens (tertiary/aromatic N) is 2. The van der Waals surface area contributed by atoms with Crippen LogP contribution in [0.4, 0.5) is 4.39 Å². The Morgan fingerprint density at radius 1 is 0.944 bits per heavy atom. The van der Waals surface area contributed by atoms with Crippen molar-refractivity contribution in [3.8, 4) is 22.6 Å². The summed E-state index contributed by atoms with van der Waals surface area (Å²) in [6.07, 6.45) is 1.19. The first kappa shape index (κ1) is 10.7. The summed E-state index contributed by atoms with van der Waals surface area (Å²) in [5.41, 5.74) is 3.32. The van der Waals surface area contributed by atoms with E-state index >= 15 is 0 Å². The van der Waals surface area contributed by atoms with Gasteiger partial charge in [0, 0.05) is 0 Å². The number of aromatic amines is 1. The maximum Gasteiger partial charge on any atom is 0.141 e. The predicted octanol–water partition coefficient (Wildman–Crippen LogP) is 3.28. The van der Waals surface area contributed by atoms with Crippen LogP contribution in [0.5, 0.6) is 0 Å². The topological polar surface area (TPSA) is 41.6 Å². The Morgan fingerprint density at radius 3 is 2.50 bits per heavy atom. The van der Waals surface area contributed by atoms with Crippen LogP contribution >= 0.6 is 0 Å². The molecule has 1 aromatic carbocycles. The zero-order chi connectivity index (χ0) is 12.4. The molecule has 0 saturated heterocycles. The van der Waals surface area contributed by atoms with Crippen molar-refractivity contribution in [1.29, 1.82) is 0 Å². The molecule has 0 atom stereocenters. The van der Waals surface area contributed by atoms with Crippen molar-refractivity contribution in [1.82, 2.24) is 15.2 Å². The van der Waals surface area contributed by atoms with Gasteiger partial charge in [0.2, 0.25) is 0 Å². The lowest BCUT2D eigenvalue weighted by molar-refractivity contribution is 0.622. The Kier molecular flexibility index (Phi) is 2.61. The number of hydrogen-bond acceptors (Lipinski definition) is 2. The number of benzene rings is 1. The van der Waals surface area contributed by atoms with E-state index in [1.165, 1.54) is 12.3 Å². The molecule has 0 spiro atoms. The number of aromatic nitrogens is 3. The highest BCUT2D eigenvalue weighted by atomic mass is 19.1. The van der Waals surface area contributed by atoms with Crippen LogP contribution in [0.1, 0.15) is 0 Å². The van der Waals surface area contributed by atoms with E-state index in [2.05, 4.69) is 15.2 Å². The molecule has 88 valence electrons. The maximum atomic E-state index is 12.8. The smallest absolute Gasteiger partial charge is 0.141 e. The minimum Gasteiger partial charge on any atom is -0.277 e. The summed E-state index contributed by atoms with van der Waals surface area (Å²) in [4.78, 5) is 4.00. The highest BCUT2D eigenvalue weighted by Crippen LogP contribution is 2.22. The van der Waals surface area contributed by atoms with Crippen LogP contribution in [0.15, 0.2) is 54.7 Å². The number of halogens is 1. The van der Waals surface area contributed by atoms with Gasteiger partial charge in [-0.1, -0.05) is 30.3 Å². The van der Waals surface area contributed by atoms with E-state index in [1.54, 1.807) is 6.07 Å². The molecular weight excluding hydrogens is 229 g/mol. The summed E-state index contributed by atoms with van der Waals surface area (Å²) in [5, 5.41) is 7.13. The van der Waals surface area contributed by atoms with Gasteiger partial charge >= 0.3 is 0 Å². The van der Waals surface area contributed by atoms with Crippen molar-refractivity contribution in [2.75, 3.05) is 0 Å². The highest BCUT2D eigenvalue weighted by molar-refractivity contribution is 5.65. The van der Waals surface area contributed by atoms with Crippen molar-refractivity contribution in [2.45, 2.75) is 0 Å². The van der Waals surface area contributed by atoms with Crippen molar-refractivity contribution >= 4 is 0 Å². The fourth-order valence-corrected chi connectivity index (χ4v) is 1.75. The Bertz CT molecular complexity index is 644. The van der Waals surface area contributed by atoms with Gasteiger partial charge in [-0.25, -0.2) is 4.39 Å². The van der Waals surface area contributed by atoms with Gasteiger partial charge in [0.15, 0.2) is 0 Å². The SMILES string of the molecule is Fc1ccc(-c2cc(-c3ccccc3)[nH]n2)nc1. The molecule has 3 nitrogen and oxygen atoms in total. The quantitative estimate of drug-likeness (QED) is 0.745. The summed E-state index contributed by atoms with van der Waals surface area (Å²) in [6, 6.07) is 14.8. The molecule has 4 heteroatoms. The first-order valence-electron chi connectivity index (χ1n) is 5.56. The van der Waals surface area contributed by atoms with Gasteiger partial charge in [-0.2, -0.15) is 5.10 Å². The summed E-state index contributed by atoms with van der Waals surface area (Å²) in [5.74, 6) is -0.349. The van der Waals surface area contributed by atoms with E-state index < -0.39 is 0 Å².